The summed E-state index contributed by atoms with van der Waals surface area (Å²) in [6.07, 6.45) is 5.99. The second-order valence-electron chi connectivity index (χ2n) is 12.6. The van der Waals surface area contributed by atoms with Crippen molar-refractivity contribution in [3.8, 4) is 6.07 Å². The van der Waals surface area contributed by atoms with Crippen molar-refractivity contribution in [1.29, 1.82) is 5.26 Å². The van der Waals surface area contributed by atoms with Crippen LogP contribution in [-0.4, -0.2) is 35.9 Å². The third kappa shape index (κ3) is 6.41. The molecule has 6 rings (SSSR count). The molecule has 1 saturated carbocycles. The van der Waals surface area contributed by atoms with E-state index in [1.54, 1.807) is 12.1 Å². The quantitative estimate of drug-likeness (QED) is 0.142. The summed E-state index contributed by atoms with van der Waals surface area (Å²) >= 11 is 3.40. The van der Waals surface area contributed by atoms with Crippen LogP contribution in [0.3, 0.4) is 0 Å². The Morgan fingerprint density at radius 1 is 1.02 bits per heavy atom. The van der Waals surface area contributed by atoms with E-state index in [1.165, 1.54) is 0 Å². The summed E-state index contributed by atoms with van der Waals surface area (Å²) in [6, 6.07) is 9.26. The number of halogens is 1. The fourth-order valence-electron chi connectivity index (χ4n) is 7.30. The molecule has 5 fully saturated rings. The van der Waals surface area contributed by atoms with Crippen molar-refractivity contribution in [3.63, 3.8) is 0 Å². The smallest absolute Gasteiger partial charge is 0.308 e. The maximum absolute atomic E-state index is 12.8. The van der Waals surface area contributed by atoms with Crippen molar-refractivity contribution in [3.05, 3.63) is 34.3 Å². The summed E-state index contributed by atoms with van der Waals surface area (Å²) in [6.45, 7) is 6.23. The average Bonchev–Trinajstić information content (AvgIpc) is 3.20. The highest BCUT2D eigenvalue weighted by atomic mass is 79.9. The first kappa shape index (κ1) is 31.4. The largest absolute Gasteiger partial charge is 0.442 e. The minimum Gasteiger partial charge on any atom is -0.442 e. The van der Waals surface area contributed by atoms with Crippen molar-refractivity contribution in [2.75, 3.05) is 0 Å². The lowest BCUT2D eigenvalue weighted by Gasteiger charge is -2.59. The number of ether oxygens (including phenoxy) is 4. The van der Waals surface area contributed by atoms with Gasteiger partial charge in [-0.15, -0.1) is 0 Å². The normalized spacial score (nSPS) is 35.8. The van der Waals surface area contributed by atoms with Crippen LogP contribution in [0.25, 0.3) is 0 Å². The lowest BCUT2D eigenvalue weighted by Crippen LogP contribution is -2.70. The molecule has 230 valence electrons. The molecule has 1 aliphatic carbocycles. The Kier molecular flexibility index (Phi) is 9.95. The van der Waals surface area contributed by atoms with E-state index in [4.69, 9.17) is 28.7 Å². The van der Waals surface area contributed by atoms with E-state index in [0.29, 0.717) is 30.7 Å². The minimum absolute atomic E-state index is 0.0433. The highest BCUT2D eigenvalue weighted by molar-refractivity contribution is 9.10. The molecule has 2 bridgehead atoms. The van der Waals surface area contributed by atoms with Gasteiger partial charge in [0.1, 0.15) is 6.07 Å². The Morgan fingerprint density at radius 3 is 2.48 bits per heavy atom. The van der Waals surface area contributed by atoms with Crippen LogP contribution in [-0.2, 0) is 38.3 Å². The van der Waals surface area contributed by atoms with Gasteiger partial charge in [-0.3, -0.25) is 9.59 Å². The Morgan fingerprint density at radius 2 is 1.74 bits per heavy atom. The molecule has 42 heavy (non-hydrogen) atoms. The number of hydrogen-bond donors (Lipinski definition) is 0. The zero-order valence-corrected chi connectivity index (χ0v) is 26.3. The number of unbranched alkanes of at least 4 members (excludes halogenated alkanes) is 4. The average molecular weight is 649 g/mol. The standard InChI is InChI=1S/C32H42BrNO8/c1-20-15-16-24-21(2)29(39-30-32(24)23(20)17-18-31(3,40-30)41-42-32)38-28(36)14-8-6-4-5-7-13-27(35)37-26(19-34)22-11-9-10-12-25(22)33/h9-12,20-21,23-24,26,29-30H,4-8,13-18H2,1-3H3/t20-,21-,23?,24?,26?,29-,30-,31+,32-/m1/s1. The summed E-state index contributed by atoms with van der Waals surface area (Å²) in [4.78, 5) is 37.0. The van der Waals surface area contributed by atoms with E-state index in [0.717, 1.165) is 49.4 Å². The highest BCUT2D eigenvalue weighted by Gasteiger charge is 2.69. The van der Waals surface area contributed by atoms with E-state index in [-0.39, 0.29) is 36.1 Å². The lowest BCUT2D eigenvalue weighted by molar-refractivity contribution is -0.576. The molecule has 4 saturated heterocycles. The Hall–Kier alpha value is -2.03. The molecule has 0 radical (unpaired) electrons. The number of hydrogen-bond acceptors (Lipinski definition) is 9. The van der Waals surface area contributed by atoms with Crippen LogP contribution < -0.4 is 0 Å². The van der Waals surface area contributed by atoms with Gasteiger partial charge in [0, 0.05) is 41.1 Å². The first-order valence-electron chi connectivity index (χ1n) is 15.4. The Bertz CT molecular complexity index is 1170. The molecule has 0 N–H and O–H groups in total. The van der Waals surface area contributed by atoms with Crippen LogP contribution in [0.4, 0.5) is 0 Å². The van der Waals surface area contributed by atoms with Crippen molar-refractivity contribution in [1.82, 2.24) is 0 Å². The van der Waals surface area contributed by atoms with Gasteiger partial charge in [0.2, 0.25) is 18.2 Å². The number of nitriles is 1. The van der Waals surface area contributed by atoms with E-state index in [2.05, 4.69) is 29.8 Å². The van der Waals surface area contributed by atoms with E-state index in [1.807, 2.05) is 25.1 Å². The predicted octanol–water partition coefficient (Wildman–Crippen LogP) is 7.04. The number of nitrogens with zero attached hydrogens (tertiary/aromatic N) is 1. The van der Waals surface area contributed by atoms with Gasteiger partial charge in [0.05, 0.1) is 0 Å². The van der Waals surface area contributed by atoms with Gasteiger partial charge >= 0.3 is 11.9 Å². The molecular formula is C32H42BrNO8. The summed E-state index contributed by atoms with van der Waals surface area (Å²) < 4.78 is 24.7. The molecule has 1 aromatic rings. The lowest BCUT2D eigenvalue weighted by atomic mass is 9.58. The van der Waals surface area contributed by atoms with Crippen molar-refractivity contribution >= 4 is 27.9 Å². The van der Waals surface area contributed by atoms with Crippen molar-refractivity contribution in [2.24, 2.45) is 23.7 Å². The SMILES string of the molecule is C[C@@H]1CCC2[C@@H](C)[C@H](OC(=O)CCCCCCCC(=O)OC(C#N)c3ccccc3Br)O[C@@H]3O[C@]4(C)CCC1[C@@]23OO4. The molecule has 0 aromatic heterocycles. The van der Waals surface area contributed by atoms with Crippen LogP contribution in [0.15, 0.2) is 28.7 Å². The second kappa shape index (κ2) is 13.3. The van der Waals surface area contributed by atoms with Crippen molar-refractivity contribution < 1.29 is 38.3 Å². The molecule has 10 heteroatoms. The van der Waals surface area contributed by atoms with Gasteiger partial charge < -0.3 is 18.9 Å². The van der Waals surface area contributed by atoms with Crippen LogP contribution in [0.5, 0.6) is 0 Å². The fourth-order valence-corrected chi connectivity index (χ4v) is 7.79. The van der Waals surface area contributed by atoms with Crippen molar-refractivity contribution in [2.45, 2.75) is 121 Å². The van der Waals surface area contributed by atoms with Gasteiger partial charge in [-0.1, -0.05) is 67.2 Å². The number of benzene rings is 1. The van der Waals surface area contributed by atoms with Gasteiger partial charge in [-0.25, -0.2) is 9.78 Å². The van der Waals surface area contributed by atoms with Crippen LogP contribution in [0, 0.1) is 35.0 Å². The summed E-state index contributed by atoms with van der Waals surface area (Å²) in [7, 11) is 0. The molecule has 4 aliphatic heterocycles. The Balaban J connectivity index is 1.02. The number of fused-ring (bicyclic) bond motifs is 2. The van der Waals surface area contributed by atoms with E-state index >= 15 is 0 Å². The monoisotopic (exact) mass is 647 g/mol. The maximum Gasteiger partial charge on any atom is 0.308 e. The van der Waals surface area contributed by atoms with Crippen LogP contribution in [0.1, 0.15) is 103 Å². The third-order valence-corrected chi connectivity index (χ3v) is 10.4. The highest BCUT2D eigenvalue weighted by Crippen LogP contribution is 2.60. The Labute approximate surface area is 256 Å². The number of esters is 2. The first-order valence-corrected chi connectivity index (χ1v) is 16.2. The topological polar surface area (TPSA) is 113 Å². The number of carbonyl (C=O) groups is 2. The molecule has 3 unspecified atom stereocenters. The molecule has 9 atom stereocenters. The first-order chi connectivity index (χ1) is 20.2. The molecule has 0 amide bonds. The van der Waals surface area contributed by atoms with E-state index in [9.17, 15) is 14.9 Å². The van der Waals surface area contributed by atoms with Crippen LogP contribution >= 0.6 is 15.9 Å². The molecule has 5 aliphatic rings. The minimum atomic E-state index is -0.934. The fraction of sp³-hybridized carbons (Fsp3) is 0.719. The van der Waals surface area contributed by atoms with E-state index < -0.39 is 30.1 Å². The van der Waals surface area contributed by atoms with Gasteiger partial charge in [-0.2, -0.15) is 5.26 Å². The summed E-state index contributed by atoms with van der Waals surface area (Å²) in [5.41, 5.74) is -0.0352. The number of rotatable bonds is 11. The molecule has 4 heterocycles. The predicted molar refractivity (Wildman–Crippen MR) is 154 cm³/mol. The molecule has 1 aromatic carbocycles. The number of carbonyl (C=O) groups excluding carboxylic acids is 2. The maximum atomic E-state index is 12.8. The zero-order valence-electron chi connectivity index (χ0n) is 24.7. The van der Waals surface area contributed by atoms with Gasteiger partial charge in [-0.05, 0) is 56.9 Å². The molecule has 9 nitrogen and oxygen atoms in total. The van der Waals surface area contributed by atoms with Gasteiger partial charge in [0.25, 0.3) is 0 Å². The van der Waals surface area contributed by atoms with Crippen LogP contribution in [0.2, 0.25) is 0 Å². The molecule has 1 spiro atoms. The summed E-state index contributed by atoms with van der Waals surface area (Å²) in [5, 5.41) is 9.42. The zero-order chi connectivity index (χ0) is 29.9. The summed E-state index contributed by atoms with van der Waals surface area (Å²) in [5.74, 6) is -0.711. The molecular weight excluding hydrogens is 606 g/mol. The third-order valence-electron chi connectivity index (χ3n) is 9.66. The van der Waals surface area contributed by atoms with Gasteiger partial charge in [0.15, 0.2) is 11.9 Å². The second-order valence-corrected chi connectivity index (χ2v) is 13.4.